The lowest BCUT2D eigenvalue weighted by Gasteiger charge is -2.13. The van der Waals surface area contributed by atoms with Crippen LogP contribution < -0.4 is 10.6 Å². The minimum absolute atomic E-state index is 0.116. The van der Waals surface area contributed by atoms with Gasteiger partial charge in [-0.25, -0.2) is 4.98 Å². The smallest absolute Gasteiger partial charge is 0.224 e. The largest absolute Gasteiger partial charge is 0.504 e. The lowest BCUT2D eigenvalue weighted by molar-refractivity contribution is -0.115. The maximum atomic E-state index is 11.8. The van der Waals surface area contributed by atoms with Gasteiger partial charge in [-0.1, -0.05) is 43.6 Å². The number of carbonyl (C=O) groups is 1. The van der Waals surface area contributed by atoms with Crippen LogP contribution in [0, 0.1) is 11.3 Å². The molecule has 1 amide bonds. The van der Waals surface area contributed by atoms with E-state index in [4.69, 9.17) is 16.6 Å². The van der Waals surface area contributed by atoms with E-state index in [1.165, 1.54) is 0 Å². The standard InChI is InChI=1S/C25H23ClN6O2/c1-3-19-17(13-27)25(32(31-19)22-10-9-16-7-5-6-8-20(16)29-22)28-14-15-11-18(26)24(34)21(12-15)30-23(33)4-2/h5-12,28,34H,3-4,14H2,1-2H3,(H,30,33). The third-order valence-corrected chi connectivity index (χ3v) is 5.67. The van der Waals surface area contributed by atoms with Gasteiger partial charge in [0.05, 0.1) is 21.9 Å². The molecule has 4 aromatic rings. The minimum Gasteiger partial charge on any atom is -0.504 e. The number of phenolic OH excluding ortho intramolecular Hbond substituents is 1. The Morgan fingerprint density at radius 1 is 1.21 bits per heavy atom. The maximum Gasteiger partial charge on any atom is 0.224 e. The second-order valence-corrected chi connectivity index (χ2v) is 8.05. The van der Waals surface area contributed by atoms with Crippen molar-refractivity contribution in [3.8, 4) is 17.6 Å². The molecule has 9 heteroatoms. The van der Waals surface area contributed by atoms with E-state index in [0.29, 0.717) is 34.9 Å². The van der Waals surface area contributed by atoms with Crippen LogP contribution in [-0.2, 0) is 17.8 Å². The van der Waals surface area contributed by atoms with E-state index in [0.717, 1.165) is 10.9 Å². The van der Waals surface area contributed by atoms with E-state index in [-0.39, 0.29) is 35.3 Å². The van der Waals surface area contributed by atoms with Gasteiger partial charge in [-0.05, 0) is 42.3 Å². The van der Waals surface area contributed by atoms with Gasteiger partial charge >= 0.3 is 0 Å². The fourth-order valence-corrected chi connectivity index (χ4v) is 3.85. The molecule has 0 aliphatic rings. The molecule has 0 saturated carbocycles. The van der Waals surface area contributed by atoms with E-state index >= 15 is 0 Å². The number of rotatable bonds is 7. The zero-order valence-electron chi connectivity index (χ0n) is 18.8. The number of aryl methyl sites for hydroxylation is 1. The number of para-hydroxylation sites is 1. The number of aromatic nitrogens is 3. The Bertz CT molecular complexity index is 1420. The second-order valence-electron chi connectivity index (χ2n) is 7.64. The van der Waals surface area contributed by atoms with Crippen molar-refractivity contribution < 1.29 is 9.90 Å². The van der Waals surface area contributed by atoms with Crippen LogP contribution in [0.4, 0.5) is 11.5 Å². The molecule has 0 radical (unpaired) electrons. The summed E-state index contributed by atoms with van der Waals surface area (Å²) in [5, 5.41) is 31.7. The number of fused-ring (bicyclic) bond motifs is 1. The molecule has 0 saturated heterocycles. The van der Waals surface area contributed by atoms with Crippen LogP contribution in [0.2, 0.25) is 5.02 Å². The molecular weight excluding hydrogens is 452 g/mol. The number of hydrogen-bond donors (Lipinski definition) is 3. The van der Waals surface area contributed by atoms with Crippen molar-refractivity contribution in [1.82, 2.24) is 14.8 Å². The first-order valence-electron chi connectivity index (χ1n) is 10.9. The molecule has 0 bridgehead atoms. The quantitative estimate of drug-likeness (QED) is 0.318. The minimum atomic E-state index is -0.240. The lowest BCUT2D eigenvalue weighted by Crippen LogP contribution is -2.11. The van der Waals surface area contributed by atoms with Crippen LogP contribution >= 0.6 is 11.6 Å². The molecule has 0 spiro atoms. The summed E-state index contributed by atoms with van der Waals surface area (Å²) in [6.45, 7) is 3.93. The fraction of sp³-hybridized carbons (Fsp3) is 0.200. The lowest BCUT2D eigenvalue weighted by atomic mass is 10.1. The highest BCUT2D eigenvalue weighted by atomic mass is 35.5. The van der Waals surface area contributed by atoms with Gasteiger partial charge in [-0.2, -0.15) is 15.0 Å². The van der Waals surface area contributed by atoms with Gasteiger partial charge in [-0.3, -0.25) is 4.79 Å². The summed E-state index contributed by atoms with van der Waals surface area (Å²) < 4.78 is 1.63. The molecule has 2 heterocycles. The molecule has 8 nitrogen and oxygen atoms in total. The van der Waals surface area contributed by atoms with E-state index < -0.39 is 0 Å². The van der Waals surface area contributed by atoms with E-state index in [1.54, 1.807) is 23.7 Å². The van der Waals surface area contributed by atoms with Gasteiger partial charge in [0, 0.05) is 18.4 Å². The molecular formula is C25H23ClN6O2. The van der Waals surface area contributed by atoms with E-state index in [2.05, 4.69) is 21.8 Å². The molecule has 2 aromatic carbocycles. The Morgan fingerprint density at radius 3 is 2.74 bits per heavy atom. The Labute approximate surface area is 201 Å². The molecule has 0 aliphatic carbocycles. The summed E-state index contributed by atoms with van der Waals surface area (Å²) in [5.74, 6) is 0.655. The first kappa shape index (κ1) is 23.1. The number of aromatic hydroxyl groups is 1. The second kappa shape index (κ2) is 9.81. The number of amides is 1. The highest BCUT2D eigenvalue weighted by Crippen LogP contribution is 2.34. The van der Waals surface area contributed by atoms with Gasteiger partial charge in [0.15, 0.2) is 11.6 Å². The summed E-state index contributed by atoms with van der Waals surface area (Å²) in [7, 11) is 0. The number of nitrogens with one attached hydrogen (secondary N) is 2. The first-order chi connectivity index (χ1) is 16.4. The molecule has 4 rings (SSSR count). The van der Waals surface area contributed by atoms with Crippen LogP contribution in [0.25, 0.3) is 16.7 Å². The molecule has 0 unspecified atom stereocenters. The highest BCUT2D eigenvalue weighted by Gasteiger charge is 2.19. The molecule has 0 fully saturated rings. The first-order valence-corrected chi connectivity index (χ1v) is 11.3. The third kappa shape index (κ3) is 4.51. The van der Waals surface area contributed by atoms with Crippen LogP contribution in [-0.4, -0.2) is 25.8 Å². The maximum absolute atomic E-state index is 11.8. The summed E-state index contributed by atoms with van der Waals surface area (Å²) in [4.78, 5) is 16.5. The summed E-state index contributed by atoms with van der Waals surface area (Å²) >= 11 is 6.19. The predicted molar refractivity (Wildman–Crippen MR) is 132 cm³/mol. The van der Waals surface area contributed by atoms with Crippen LogP contribution in [0.3, 0.4) is 0 Å². The predicted octanol–water partition coefficient (Wildman–Crippen LogP) is 5.17. The van der Waals surface area contributed by atoms with Crippen molar-refractivity contribution in [2.75, 3.05) is 10.6 Å². The number of halogens is 1. The zero-order chi connectivity index (χ0) is 24.2. The normalized spacial score (nSPS) is 10.8. The zero-order valence-corrected chi connectivity index (χ0v) is 19.5. The van der Waals surface area contributed by atoms with Crippen molar-refractivity contribution in [2.24, 2.45) is 0 Å². The monoisotopic (exact) mass is 474 g/mol. The number of anilines is 2. The number of carbonyl (C=O) groups excluding carboxylic acids is 1. The third-order valence-electron chi connectivity index (χ3n) is 5.38. The number of nitriles is 1. The van der Waals surface area contributed by atoms with Crippen molar-refractivity contribution in [1.29, 1.82) is 5.26 Å². The van der Waals surface area contributed by atoms with Gasteiger partial charge in [-0.15, -0.1) is 0 Å². The molecule has 3 N–H and O–H groups in total. The van der Waals surface area contributed by atoms with Crippen LogP contribution in [0.5, 0.6) is 5.75 Å². The Kier molecular flexibility index (Phi) is 6.66. The Morgan fingerprint density at radius 2 is 2.00 bits per heavy atom. The van der Waals surface area contributed by atoms with E-state index in [1.807, 2.05) is 43.3 Å². The SMILES string of the molecule is CCC(=O)Nc1cc(CNc2c(C#N)c(CC)nn2-c2ccc3ccccc3n2)cc(Cl)c1O. The van der Waals surface area contributed by atoms with Crippen molar-refractivity contribution in [3.63, 3.8) is 0 Å². The van der Waals surface area contributed by atoms with Crippen molar-refractivity contribution in [3.05, 3.63) is 70.4 Å². The van der Waals surface area contributed by atoms with Gasteiger partial charge < -0.3 is 15.7 Å². The summed E-state index contributed by atoms with van der Waals surface area (Å²) in [5.41, 5.74) is 2.84. The van der Waals surface area contributed by atoms with Crippen molar-refractivity contribution in [2.45, 2.75) is 33.2 Å². The van der Waals surface area contributed by atoms with Gasteiger partial charge in [0.1, 0.15) is 17.5 Å². The molecule has 0 aliphatic heterocycles. The Balaban J connectivity index is 1.71. The summed E-state index contributed by atoms with van der Waals surface area (Å²) in [6, 6.07) is 17.1. The number of pyridine rings is 1. The number of benzene rings is 2. The van der Waals surface area contributed by atoms with Crippen molar-refractivity contribution >= 4 is 39.9 Å². The average Bonchev–Trinajstić information content (AvgIpc) is 3.22. The van der Waals surface area contributed by atoms with E-state index in [9.17, 15) is 15.2 Å². The number of nitrogens with zero attached hydrogens (tertiary/aromatic N) is 4. The number of hydrogen-bond acceptors (Lipinski definition) is 6. The van der Waals surface area contributed by atoms with Crippen LogP contribution in [0.1, 0.15) is 37.1 Å². The van der Waals surface area contributed by atoms with Gasteiger partial charge in [0.25, 0.3) is 0 Å². The molecule has 172 valence electrons. The highest BCUT2D eigenvalue weighted by molar-refractivity contribution is 6.32. The van der Waals surface area contributed by atoms with Gasteiger partial charge in [0.2, 0.25) is 5.91 Å². The van der Waals surface area contributed by atoms with Crippen LogP contribution in [0.15, 0.2) is 48.5 Å². The molecule has 2 aromatic heterocycles. The summed E-state index contributed by atoms with van der Waals surface area (Å²) in [6.07, 6.45) is 0.846. The average molecular weight is 475 g/mol. The Hall–Kier alpha value is -4.09. The molecule has 34 heavy (non-hydrogen) atoms. The molecule has 0 atom stereocenters. The number of phenols is 1. The topological polar surface area (TPSA) is 116 Å². The fourth-order valence-electron chi connectivity index (χ4n) is 3.61.